The standard InChI is InChI=1S/C11H18N2O/c1-11(2,3)7-4-5-9-8(6-7)10(12)14-13-9/h7H,4-6,12H2,1-3H3. The molecule has 1 aromatic rings. The smallest absolute Gasteiger partial charge is 0.225 e. The lowest BCUT2D eigenvalue weighted by Crippen LogP contribution is -2.26. The van der Waals surface area contributed by atoms with E-state index in [-0.39, 0.29) is 0 Å². The minimum absolute atomic E-state index is 0.349. The highest BCUT2D eigenvalue weighted by Crippen LogP contribution is 2.38. The van der Waals surface area contributed by atoms with E-state index in [4.69, 9.17) is 10.3 Å². The van der Waals surface area contributed by atoms with Crippen molar-refractivity contribution in [3.63, 3.8) is 0 Å². The Labute approximate surface area is 84.7 Å². The quantitative estimate of drug-likeness (QED) is 0.690. The molecule has 0 amide bonds. The van der Waals surface area contributed by atoms with Gasteiger partial charge in [0.25, 0.3) is 0 Å². The fourth-order valence-electron chi connectivity index (χ4n) is 2.17. The predicted molar refractivity (Wildman–Crippen MR) is 55.9 cm³/mol. The van der Waals surface area contributed by atoms with Crippen molar-refractivity contribution in [2.24, 2.45) is 11.3 Å². The summed E-state index contributed by atoms with van der Waals surface area (Å²) >= 11 is 0. The van der Waals surface area contributed by atoms with Crippen LogP contribution in [0.5, 0.6) is 0 Å². The number of aromatic nitrogens is 1. The molecule has 1 aliphatic carbocycles. The molecule has 1 aromatic heterocycles. The molecule has 0 saturated heterocycles. The van der Waals surface area contributed by atoms with E-state index in [9.17, 15) is 0 Å². The van der Waals surface area contributed by atoms with Crippen LogP contribution in [0.1, 0.15) is 38.4 Å². The number of rotatable bonds is 0. The predicted octanol–water partition coefficient (Wildman–Crippen LogP) is 2.41. The second-order valence-corrected chi connectivity index (χ2v) is 5.28. The summed E-state index contributed by atoms with van der Waals surface area (Å²) in [5.74, 6) is 1.21. The Kier molecular flexibility index (Phi) is 2.05. The van der Waals surface area contributed by atoms with Crippen LogP contribution in [0.25, 0.3) is 0 Å². The summed E-state index contributed by atoms with van der Waals surface area (Å²) in [6, 6.07) is 0. The van der Waals surface area contributed by atoms with Crippen molar-refractivity contribution >= 4 is 5.88 Å². The van der Waals surface area contributed by atoms with Gasteiger partial charge in [0.05, 0.1) is 5.69 Å². The summed E-state index contributed by atoms with van der Waals surface area (Å²) < 4.78 is 5.01. The van der Waals surface area contributed by atoms with Gasteiger partial charge in [0.15, 0.2) is 0 Å². The Balaban J connectivity index is 2.24. The second-order valence-electron chi connectivity index (χ2n) is 5.28. The van der Waals surface area contributed by atoms with E-state index in [0.29, 0.717) is 17.2 Å². The Morgan fingerprint density at radius 3 is 2.79 bits per heavy atom. The van der Waals surface area contributed by atoms with E-state index in [0.717, 1.165) is 24.1 Å². The molecule has 2 N–H and O–H groups in total. The maximum atomic E-state index is 5.74. The zero-order chi connectivity index (χ0) is 10.3. The van der Waals surface area contributed by atoms with E-state index in [1.165, 1.54) is 6.42 Å². The molecule has 0 bridgehead atoms. The molecule has 14 heavy (non-hydrogen) atoms. The lowest BCUT2D eigenvalue weighted by atomic mass is 9.72. The maximum absolute atomic E-state index is 5.74. The summed E-state index contributed by atoms with van der Waals surface area (Å²) in [4.78, 5) is 0. The first-order valence-corrected chi connectivity index (χ1v) is 5.21. The first-order chi connectivity index (χ1) is 6.48. The van der Waals surface area contributed by atoms with Crippen LogP contribution < -0.4 is 5.73 Å². The zero-order valence-corrected chi connectivity index (χ0v) is 9.13. The number of nitrogens with zero attached hydrogens (tertiary/aromatic N) is 1. The van der Waals surface area contributed by atoms with Gasteiger partial charge in [-0.05, 0) is 30.6 Å². The van der Waals surface area contributed by atoms with Crippen LogP contribution in [0.2, 0.25) is 0 Å². The monoisotopic (exact) mass is 194 g/mol. The Morgan fingerprint density at radius 2 is 2.14 bits per heavy atom. The van der Waals surface area contributed by atoms with Gasteiger partial charge >= 0.3 is 0 Å². The van der Waals surface area contributed by atoms with Gasteiger partial charge in [0, 0.05) is 5.56 Å². The molecule has 1 unspecified atom stereocenters. The average Bonchev–Trinajstić information content (AvgIpc) is 2.46. The van der Waals surface area contributed by atoms with Gasteiger partial charge in [-0.25, -0.2) is 0 Å². The highest BCUT2D eigenvalue weighted by atomic mass is 16.5. The Bertz CT molecular complexity index is 336. The van der Waals surface area contributed by atoms with Crippen molar-refractivity contribution in [2.45, 2.75) is 40.0 Å². The van der Waals surface area contributed by atoms with Gasteiger partial charge in [-0.1, -0.05) is 25.9 Å². The van der Waals surface area contributed by atoms with Gasteiger partial charge in [0.1, 0.15) is 0 Å². The van der Waals surface area contributed by atoms with Crippen LogP contribution in [-0.2, 0) is 12.8 Å². The van der Waals surface area contributed by atoms with Crippen LogP contribution in [0.4, 0.5) is 5.88 Å². The molecular formula is C11H18N2O. The molecule has 0 aromatic carbocycles. The lowest BCUT2D eigenvalue weighted by molar-refractivity contribution is 0.215. The summed E-state index contributed by atoms with van der Waals surface area (Å²) in [5.41, 5.74) is 8.31. The highest BCUT2D eigenvalue weighted by Gasteiger charge is 2.31. The van der Waals surface area contributed by atoms with E-state index < -0.39 is 0 Å². The number of anilines is 1. The van der Waals surface area contributed by atoms with Gasteiger partial charge < -0.3 is 10.3 Å². The lowest BCUT2D eigenvalue weighted by Gasteiger charge is -2.33. The van der Waals surface area contributed by atoms with Crippen LogP contribution in [0.3, 0.4) is 0 Å². The van der Waals surface area contributed by atoms with Gasteiger partial charge in [-0.15, -0.1) is 0 Å². The van der Waals surface area contributed by atoms with Gasteiger partial charge in [-0.2, -0.15) is 0 Å². The first-order valence-electron chi connectivity index (χ1n) is 5.21. The van der Waals surface area contributed by atoms with Crippen molar-refractivity contribution in [1.82, 2.24) is 5.16 Å². The second kappa shape index (κ2) is 3.01. The summed E-state index contributed by atoms with van der Waals surface area (Å²) in [6.07, 6.45) is 3.23. The molecule has 0 fully saturated rings. The molecule has 3 heteroatoms. The molecular weight excluding hydrogens is 176 g/mol. The average molecular weight is 194 g/mol. The first kappa shape index (κ1) is 9.56. The third-order valence-electron chi connectivity index (χ3n) is 3.30. The number of hydrogen-bond acceptors (Lipinski definition) is 3. The normalized spacial score (nSPS) is 22.1. The van der Waals surface area contributed by atoms with Crippen molar-refractivity contribution in [3.8, 4) is 0 Å². The summed E-state index contributed by atoms with van der Waals surface area (Å²) in [6.45, 7) is 6.85. The van der Waals surface area contributed by atoms with Crippen molar-refractivity contribution in [3.05, 3.63) is 11.3 Å². The fraction of sp³-hybridized carbons (Fsp3) is 0.727. The van der Waals surface area contributed by atoms with Gasteiger partial charge in [0.2, 0.25) is 5.88 Å². The molecule has 78 valence electrons. The van der Waals surface area contributed by atoms with Crippen LogP contribution in [0.15, 0.2) is 4.52 Å². The van der Waals surface area contributed by atoms with Crippen molar-refractivity contribution < 1.29 is 4.52 Å². The Hall–Kier alpha value is -0.990. The number of nitrogen functional groups attached to an aromatic ring is 1. The molecule has 0 saturated carbocycles. The number of nitrogens with two attached hydrogens (primary N) is 1. The molecule has 1 atom stereocenters. The summed E-state index contributed by atoms with van der Waals surface area (Å²) in [5, 5.41) is 3.97. The fourth-order valence-corrected chi connectivity index (χ4v) is 2.17. The minimum atomic E-state index is 0.349. The maximum Gasteiger partial charge on any atom is 0.225 e. The van der Waals surface area contributed by atoms with E-state index >= 15 is 0 Å². The van der Waals surface area contributed by atoms with Crippen molar-refractivity contribution in [2.75, 3.05) is 5.73 Å². The van der Waals surface area contributed by atoms with E-state index in [1.807, 2.05) is 0 Å². The molecule has 2 rings (SSSR count). The zero-order valence-electron chi connectivity index (χ0n) is 9.13. The summed E-state index contributed by atoms with van der Waals surface area (Å²) in [7, 11) is 0. The van der Waals surface area contributed by atoms with Gasteiger partial charge in [-0.3, -0.25) is 0 Å². The van der Waals surface area contributed by atoms with E-state index in [2.05, 4.69) is 25.9 Å². The number of hydrogen-bond donors (Lipinski definition) is 1. The molecule has 3 nitrogen and oxygen atoms in total. The molecule has 0 radical (unpaired) electrons. The highest BCUT2D eigenvalue weighted by molar-refractivity contribution is 5.40. The SMILES string of the molecule is CC(C)(C)C1CCc2noc(N)c2C1. The third-order valence-corrected chi connectivity index (χ3v) is 3.30. The Morgan fingerprint density at radius 1 is 1.43 bits per heavy atom. The molecule has 1 aliphatic rings. The van der Waals surface area contributed by atoms with Crippen LogP contribution in [-0.4, -0.2) is 5.16 Å². The molecule has 1 heterocycles. The molecule has 0 spiro atoms. The minimum Gasteiger partial charge on any atom is -0.367 e. The van der Waals surface area contributed by atoms with Crippen molar-refractivity contribution in [1.29, 1.82) is 0 Å². The van der Waals surface area contributed by atoms with E-state index in [1.54, 1.807) is 0 Å². The van der Waals surface area contributed by atoms with Crippen LogP contribution >= 0.6 is 0 Å². The largest absolute Gasteiger partial charge is 0.367 e. The third kappa shape index (κ3) is 1.51. The van der Waals surface area contributed by atoms with Crippen LogP contribution in [0, 0.1) is 11.3 Å². The number of fused-ring (bicyclic) bond motifs is 1. The number of aryl methyl sites for hydroxylation is 1. The topological polar surface area (TPSA) is 52.0 Å². The molecule has 0 aliphatic heterocycles.